The molecular formula is C9H13F6O3P. The molecule has 0 unspecified atom stereocenters. The van der Waals surface area contributed by atoms with E-state index in [1.807, 2.05) is 0 Å². The highest BCUT2D eigenvalue weighted by Gasteiger charge is 2.37. The van der Waals surface area contributed by atoms with Gasteiger partial charge in [0.25, 0.3) is 0 Å². The van der Waals surface area contributed by atoms with E-state index in [1.54, 1.807) is 13.8 Å². The molecule has 0 fully saturated rings. The maximum absolute atomic E-state index is 11.9. The Balaban J connectivity index is 4.77. The summed E-state index contributed by atoms with van der Waals surface area (Å²) in [6.45, 7) is -0.724. The van der Waals surface area contributed by atoms with Gasteiger partial charge in [-0.3, -0.25) is 13.6 Å². The molecule has 0 aliphatic heterocycles. The van der Waals surface area contributed by atoms with Crippen LogP contribution in [0.2, 0.25) is 0 Å². The Kier molecular flexibility index (Phi) is 6.57. The summed E-state index contributed by atoms with van der Waals surface area (Å²) in [5.74, 6) is 0.368. The standard InChI is InChI=1S/C9H13F6O3P/c1-7(2)3-4-19(16,17-5-8(10,11)12)18-6-9(13,14)15/h3-4,7H,5-6H2,1-2H3/b4-3-. The largest absolute Gasteiger partial charge is 0.412 e. The van der Waals surface area contributed by atoms with Crippen molar-refractivity contribution in [1.29, 1.82) is 0 Å². The van der Waals surface area contributed by atoms with Gasteiger partial charge >= 0.3 is 19.9 Å². The maximum atomic E-state index is 11.9. The molecule has 0 bridgehead atoms. The van der Waals surface area contributed by atoms with E-state index in [-0.39, 0.29) is 5.92 Å². The van der Waals surface area contributed by atoms with Crippen LogP contribution in [-0.2, 0) is 13.6 Å². The summed E-state index contributed by atoms with van der Waals surface area (Å²) in [5.41, 5.74) is 0. The Morgan fingerprint density at radius 3 is 1.63 bits per heavy atom. The van der Waals surface area contributed by atoms with E-state index < -0.39 is 33.2 Å². The van der Waals surface area contributed by atoms with Crippen molar-refractivity contribution in [3.8, 4) is 0 Å². The fourth-order valence-electron chi connectivity index (χ4n) is 0.727. The van der Waals surface area contributed by atoms with Crippen LogP contribution in [0, 0.1) is 5.92 Å². The molecule has 0 aromatic heterocycles. The average molecular weight is 314 g/mol. The lowest BCUT2D eigenvalue weighted by atomic mass is 10.2. The molecule has 114 valence electrons. The monoisotopic (exact) mass is 314 g/mol. The van der Waals surface area contributed by atoms with E-state index in [9.17, 15) is 30.9 Å². The van der Waals surface area contributed by atoms with Gasteiger partial charge in [-0.1, -0.05) is 19.9 Å². The normalized spacial score (nSPS) is 14.6. The molecule has 0 atom stereocenters. The predicted octanol–water partition coefficient (Wildman–Crippen LogP) is 4.51. The molecule has 0 aromatic rings. The molecule has 0 aromatic carbocycles. The second-order valence-electron chi connectivity index (χ2n) is 3.90. The third-order valence-electron chi connectivity index (χ3n) is 1.47. The topological polar surface area (TPSA) is 35.5 Å². The van der Waals surface area contributed by atoms with Gasteiger partial charge in [0.2, 0.25) is 0 Å². The lowest BCUT2D eigenvalue weighted by Gasteiger charge is -2.17. The number of hydrogen-bond donors (Lipinski definition) is 0. The number of hydrogen-bond acceptors (Lipinski definition) is 3. The van der Waals surface area contributed by atoms with Crippen molar-refractivity contribution in [2.24, 2.45) is 5.92 Å². The quantitative estimate of drug-likeness (QED) is 0.534. The Bertz CT molecular complexity index is 325. The summed E-state index contributed by atoms with van der Waals surface area (Å²) in [6, 6.07) is 0. The average Bonchev–Trinajstić information content (AvgIpc) is 2.19. The zero-order chi connectivity index (χ0) is 15.3. The Morgan fingerprint density at radius 2 is 1.37 bits per heavy atom. The molecule has 0 N–H and O–H groups in total. The van der Waals surface area contributed by atoms with Crippen LogP contribution in [0.5, 0.6) is 0 Å². The first-order valence-corrected chi connectivity index (χ1v) is 6.66. The Hall–Kier alpha value is -0.530. The first-order valence-electron chi connectivity index (χ1n) is 5.05. The van der Waals surface area contributed by atoms with Gasteiger partial charge in [0.05, 0.1) is 0 Å². The van der Waals surface area contributed by atoms with Crippen molar-refractivity contribution in [2.75, 3.05) is 13.2 Å². The highest BCUT2D eigenvalue weighted by Crippen LogP contribution is 2.51. The van der Waals surface area contributed by atoms with Gasteiger partial charge in [0.1, 0.15) is 0 Å². The molecule has 0 heterocycles. The van der Waals surface area contributed by atoms with E-state index in [0.29, 0.717) is 5.82 Å². The van der Waals surface area contributed by atoms with Gasteiger partial charge in [-0.05, 0) is 5.92 Å². The summed E-state index contributed by atoms with van der Waals surface area (Å²) < 4.78 is 91.1. The van der Waals surface area contributed by atoms with Gasteiger partial charge < -0.3 is 0 Å². The summed E-state index contributed by atoms with van der Waals surface area (Å²) >= 11 is 0. The van der Waals surface area contributed by atoms with E-state index in [0.717, 1.165) is 6.08 Å². The van der Waals surface area contributed by atoms with Crippen molar-refractivity contribution in [2.45, 2.75) is 26.2 Å². The van der Waals surface area contributed by atoms with Crippen molar-refractivity contribution < 1.29 is 40.0 Å². The lowest BCUT2D eigenvalue weighted by molar-refractivity contribution is -0.164. The third kappa shape index (κ3) is 11.0. The Morgan fingerprint density at radius 1 is 1.00 bits per heavy atom. The van der Waals surface area contributed by atoms with Crippen LogP contribution < -0.4 is 0 Å². The number of halogens is 6. The second kappa shape index (κ2) is 6.76. The van der Waals surface area contributed by atoms with Crippen LogP contribution in [0.25, 0.3) is 0 Å². The minimum Gasteiger partial charge on any atom is -0.296 e. The van der Waals surface area contributed by atoms with Crippen LogP contribution in [0.15, 0.2) is 11.9 Å². The molecule has 0 aliphatic carbocycles. The van der Waals surface area contributed by atoms with Crippen molar-refractivity contribution in [1.82, 2.24) is 0 Å². The molecule has 0 saturated heterocycles. The van der Waals surface area contributed by atoms with Gasteiger partial charge in [-0.15, -0.1) is 0 Å². The van der Waals surface area contributed by atoms with Crippen molar-refractivity contribution in [3.63, 3.8) is 0 Å². The smallest absolute Gasteiger partial charge is 0.296 e. The number of alkyl halides is 6. The first-order chi connectivity index (χ1) is 8.33. The van der Waals surface area contributed by atoms with Crippen LogP contribution in [0.4, 0.5) is 26.3 Å². The highest BCUT2D eigenvalue weighted by atomic mass is 31.2. The molecule has 3 nitrogen and oxygen atoms in total. The summed E-state index contributed by atoms with van der Waals surface area (Å²) in [7, 11) is -4.59. The van der Waals surface area contributed by atoms with Gasteiger partial charge in [0.15, 0.2) is 13.2 Å². The van der Waals surface area contributed by atoms with Gasteiger partial charge in [0, 0.05) is 5.82 Å². The minimum absolute atomic E-state index is 0.239. The van der Waals surface area contributed by atoms with Crippen molar-refractivity contribution >= 4 is 7.60 Å². The predicted molar refractivity (Wildman–Crippen MR) is 55.6 cm³/mol. The van der Waals surface area contributed by atoms with Crippen LogP contribution in [0.3, 0.4) is 0 Å². The maximum Gasteiger partial charge on any atom is 0.412 e. The highest BCUT2D eigenvalue weighted by molar-refractivity contribution is 7.57. The molecular weight excluding hydrogens is 301 g/mol. The minimum atomic E-state index is -4.82. The van der Waals surface area contributed by atoms with Gasteiger partial charge in [-0.2, -0.15) is 26.3 Å². The second-order valence-corrected chi connectivity index (χ2v) is 5.80. The fraction of sp³-hybridized carbons (Fsp3) is 0.778. The molecule has 0 amide bonds. The van der Waals surface area contributed by atoms with Crippen molar-refractivity contribution in [3.05, 3.63) is 11.9 Å². The van der Waals surface area contributed by atoms with Crippen LogP contribution in [-0.4, -0.2) is 25.6 Å². The van der Waals surface area contributed by atoms with Crippen LogP contribution >= 0.6 is 7.60 Å². The molecule has 0 aliphatic rings. The summed E-state index contributed by atoms with van der Waals surface area (Å²) in [4.78, 5) is 0. The first kappa shape index (κ1) is 18.5. The van der Waals surface area contributed by atoms with Crippen LogP contribution in [0.1, 0.15) is 13.8 Å². The zero-order valence-electron chi connectivity index (χ0n) is 10.1. The molecule has 0 rings (SSSR count). The number of allylic oxidation sites excluding steroid dienone is 1. The lowest BCUT2D eigenvalue weighted by Crippen LogP contribution is -2.19. The zero-order valence-corrected chi connectivity index (χ0v) is 11.0. The SMILES string of the molecule is CC(C)/C=C\P(=O)(OCC(F)(F)F)OCC(F)(F)F. The third-order valence-corrected chi connectivity index (χ3v) is 2.99. The van der Waals surface area contributed by atoms with Gasteiger partial charge in [-0.25, -0.2) is 0 Å². The van der Waals surface area contributed by atoms with E-state index in [1.165, 1.54) is 0 Å². The molecule has 0 saturated carbocycles. The number of rotatable bonds is 6. The molecule has 19 heavy (non-hydrogen) atoms. The van der Waals surface area contributed by atoms with E-state index in [2.05, 4.69) is 9.05 Å². The fourth-order valence-corrected chi connectivity index (χ4v) is 2.18. The van der Waals surface area contributed by atoms with E-state index in [4.69, 9.17) is 0 Å². The molecule has 10 heteroatoms. The summed E-state index contributed by atoms with van der Waals surface area (Å²) in [6.07, 6.45) is -8.49. The van der Waals surface area contributed by atoms with E-state index >= 15 is 0 Å². The molecule has 0 spiro atoms. The molecule has 0 radical (unpaired) electrons. The Labute approximate surface area is 106 Å². The summed E-state index contributed by atoms with van der Waals surface area (Å²) in [5, 5.41) is 0.